The number of nitrogens with one attached hydrogen (secondary N) is 1. The lowest BCUT2D eigenvalue weighted by Gasteiger charge is -2.31. The molecular weight excluding hydrogens is 236 g/mol. The summed E-state index contributed by atoms with van der Waals surface area (Å²) in [6.07, 6.45) is 11.0. The van der Waals surface area contributed by atoms with Gasteiger partial charge in [-0.3, -0.25) is 4.79 Å². The number of rotatable bonds is 4. The fourth-order valence-electron chi connectivity index (χ4n) is 3.75. The van der Waals surface area contributed by atoms with Crippen LogP contribution in [0.2, 0.25) is 0 Å². The average Bonchev–Trinajstić information content (AvgIpc) is 2.48. The zero-order chi connectivity index (χ0) is 13.7. The van der Waals surface area contributed by atoms with Crippen molar-refractivity contribution in [2.75, 3.05) is 6.54 Å². The maximum Gasteiger partial charge on any atom is 0.223 e. The van der Waals surface area contributed by atoms with Crippen LogP contribution >= 0.6 is 0 Å². The van der Waals surface area contributed by atoms with E-state index < -0.39 is 0 Å². The topological polar surface area (TPSA) is 55.1 Å². The highest BCUT2D eigenvalue weighted by molar-refractivity contribution is 5.79. The Bertz CT molecular complexity index is 278. The Kier molecular flexibility index (Phi) is 5.68. The predicted octanol–water partition coefficient (Wildman–Crippen LogP) is 2.84. The van der Waals surface area contributed by atoms with Crippen LogP contribution in [-0.4, -0.2) is 18.5 Å². The largest absolute Gasteiger partial charge is 0.353 e. The molecule has 3 N–H and O–H groups in total. The standard InChI is InChI=1S/C16H30N2O/c1-12(14-5-3-2-4-6-14)18-16(19)15-9-7-13(11-17)8-10-15/h12-15H,2-11,17H2,1H3,(H,18,19)/t12-,13?,15?/m0/s1. The molecule has 0 radical (unpaired) electrons. The molecule has 0 heterocycles. The van der Waals surface area contributed by atoms with E-state index in [-0.39, 0.29) is 5.92 Å². The molecule has 0 unspecified atom stereocenters. The molecule has 19 heavy (non-hydrogen) atoms. The van der Waals surface area contributed by atoms with E-state index in [1.165, 1.54) is 32.1 Å². The Labute approximate surface area is 117 Å². The number of nitrogens with two attached hydrogens (primary N) is 1. The van der Waals surface area contributed by atoms with E-state index in [9.17, 15) is 4.79 Å². The molecule has 110 valence electrons. The van der Waals surface area contributed by atoms with E-state index in [0.29, 0.717) is 23.8 Å². The second-order valence-corrected chi connectivity index (χ2v) is 6.65. The lowest BCUT2D eigenvalue weighted by Crippen LogP contribution is -2.43. The molecule has 3 nitrogen and oxygen atoms in total. The van der Waals surface area contributed by atoms with Gasteiger partial charge in [-0.15, -0.1) is 0 Å². The maximum absolute atomic E-state index is 12.3. The summed E-state index contributed by atoms with van der Waals surface area (Å²) < 4.78 is 0. The van der Waals surface area contributed by atoms with Gasteiger partial charge in [0.15, 0.2) is 0 Å². The molecule has 0 aromatic carbocycles. The van der Waals surface area contributed by atoms with Gasteiger partial charge in [-0.05, 0) is 63.8 Å². The van der Waals surface area contributed by atoms with Crippen LogP contribution in [0.15, 0.2) is 0 Å². The highest BCUT2D eigenvalue weighted by atomic mass is 16.1. The highest BCUT2D eigenvalue weighted by Gasteiger charge is 2.28. The van der Waals surface area contributed by atoms with Crippen LogP contribution < -0.4 is 11.1 Å². The van der Waals surface area contributed by atoms with Crippen molar-refractivity contribution >= 4 is 5.91 Å². The van der Waals surface area contributed by atoms with Crippen LogP contribution in [0, 0.1) is 17.8 Å². The summed E-state index contributed by atoms with van der Waals surface area (Å²) in [5, 5.41) is 3.28. The second kappa shape index (κ2) is 7.28. The summed E-state index contributed by atoms with van der Waals surface area (Å²) in [5.74, 6) is 1.90. The van der Waals surface area contributed by atoms with Gasteiger partial charge in [-0.1, -0.05) is 19.3 Å². The fourth-order valence-corrected chi connectivity index (χ4v) is 3.75. The first-order valence-electron chi connectivity index (χ1n) is 8.21. The molecule has 1 amide bonds. The molecule has 0 aliphatic heterocycles. The van der Waals surface area contributed by atoms with E-state index in [0.717, 1.165) is 32.2 Å². The van der Waals surface area contributed by atoms with Crippen molar-refractivity contribution in [1.82, 2.24) is 5.32 Å². The third-order valence-corrected chi connectivity index (χ3v) is 5.28. The normalized spacial score (nSPS) is 30.8. The quantitative estimate of drug-likeness (QED) is 0.822. The third kappa shape index (κ3) is 4.20. The van der Waals surface area contributed by atoms with Gasteiger partial charge in [0.2, 0.25) is 5.91 Å². The molecule has 0 aromatic heterocycles. The van der Waals surface area contributed by atoms with Gasteiger partial charge in [0.25, 0.3) is 0 Å². The van der Waals surface area contributed by atoms with Gasteiger partial charge < -0.3 is 11.1 Å². The zero-order valence-electron chi connectivity index (χ0n) is 12.4. The number of carbonyl (C=O) groups is 1. The van der Waals surface area contributed by atoms with Gasteiger partial charge in [0, 0.05) is 12.0 Å². The summed E-state index contributed by atoms with van der Waals surface area (Å²) in [7, 11) is 0. The van der Waals surface area contributed by atoms with Crippen LogP contribution in [-0.2, 0) is 4.79 Å². The lowest BCUT2D eigenvalue weighted by molar-refractivity contribution is -0.127. The Balaban J connectivity index is 1.74. The summed E-state index contributed by atoms with van der Waals surface area (Å²) in [6.45, 7) is 2.98. The fraction of sp³-hybridized carbons (Fsp3) is 0.938. The minimum absolute atomic E-state index is 0.244. The SMILES string of the molecule is C[C@H](NC(=O)C1CCC(CN)CC1)C1CCCCC1. The molecular formula is C16H30N2O. The van der Waals surface area contributed by atoms with Crippen LogP contribution in [0.25, 0.3) is 0 Å². The lowest BCUT2D eigenvalue weighted by atomic mass is 9.81. The molecule has 1 atom stereocenters. The van der Waals surface area contributed by atoms with E-state index >= 15 is 0 Å². The van der Waals surface area contributed by atoms with Crippen molar-refractivity contribution < 1.29 is 4.79 Å². The molecule has 2 rings (SSSR count). The molecule has 0 bridgehead atoms. The third-order valence-electron chi connectivity index (χ3n) is 5.28. The molecule has 2 aliphatic carbocycles. The molecule has 3 heteroatoms. The summed E-state index contributed by atoms with van der Waals surface area (Å²) in [4.78, 5) is 12.3. The van der Waals surface area contributed by atoms with E-state index in [2.05, 4.69) is 12.2 Å². The van der Waals surface area contributed by atoms with Crippen LogP contribution in [0.4, 0.5) is 0 Å². The van der Waals surface area contributed by atoms with Crippen LogP contribution in [0.3, 0.4) is 0 Å². The number of hydrogen-bond acceptors (Lipinski definition) is 2. The van der Waals surface area contributed by atoms with Gasteiger partial charge in [-0.2, -0.15) is 0 Å². The van der Waals surface area contributed by atoms with Crippen LogP contribution in [0.5, 0.6) is 0 Å². The number of carbonyl (C=O) groups excluding carboxylic acids is 1. The van der Waals surface area contributed by atoms with Crippen molar-refractivity contribution in [3.05, 3.63) is 0 Å². The Morgan fingerprint density at radius 1 is 1.11 bits per heavy atom. The monoisotopic (exact) mass is 266 g/mol. The van der Waals surface area contributed by atoms with Gasteiger partial charge in [0.05, 0.1) is 0 Å². The Hall–Kier alpha value is -0.570. The minimum atomic E-state index is 0.244. The molecule has 2 saturated carbocycles. The van der Waals surface area contributed by atoms with E-state index in [1.807, 2.05) is 0 Å². The molecule has 2 aliphatic rings. The summed E-state index contributed by atoms with van der Waals surface area (Å²) in [5.41, 5.74) is 5.70. The molecule has 0 saturated heterocycles. The zero-order valence-corrected chi connectivity index (χ0v) is 12.4. The van der Waals surface area contributed by atoms with Gasteiger partial charge in [-0.25, -0.2) is 0 Å². The van der Waals surface area contributed by atoms with Crippen molar-refractivity contribution in [1.29, 1.82) is 0 Å². The highest BCUT2D eigenvalue weighted by Crippen LogP contribution is 2.30. The first kappa shape index (κ1) is 14.8. The summed E-state index contributed by atoms with van der Waals surface area (Å²) >= 11 is 0. The predicted molar refractivity (Wildman–Crippen MR) is 78.7 cm³/mol. The Morgan fingerprint density at radius 2 is 1.74 bits per heavy atom. The molecule has 0 spiro atoms. The second-order valence-electron chi connectivity index (χ2n) is 6.65. The minimum Gasteiger partial charge on any atom is -0.353 e. The van der Waals surface area contributed by atoms with Crippen molar-refractivity contribution in [2.24, 2.45) is 23.5 Å². The van der Waals surface area contributed by atoms with E-state index in [4.69, 9.17) is 5.73 Å². The van der Waals surface area contributed by atoms with Crippen molar-refractivity contribution in [3.8, 4) is 0 Å². The first-order valence-corrected chi connectivity index (χ1v) is 8.21. The maximum atomic E-state index is 12.3. The average molecular weight is 266 g/mol. The number of amides is 1. The van der Waals surface area contributed by atoms with E-state index in [1.54, 1.807) is 0 Å². The van der Waals surface area contributed by atoms with Gasteiger partial charge >= 0.3 is 0 Å². The smallest absolute Gasteiger partial charge is 0.223 e. The van der Waals surface area contributed by atoms with Gasteiger partial charge in [0.1, 0.15) is 0 Å². The first-order chi connectivity index (χ1) is 9.20. The molecule has 0 aromatic rings. The number of hydrogen-bond donors (Lipinski definition) is 2. The van der Waals surface area contributed by atoms with Crippen molar-refractivity contribution in [2.45, 2.75) is 70.8 Å². The summed E-state index contributed by atoms with van der Waals surface area (Å²) in [6, 6.07) is 0.361. The van der Waals surface area contributed by atoms with Crippen molar-refractivity contribution in [3.63, 3.8) is 0 Å². The van der Waals surface area contributed by atoms with Crippen LogP contribution in [0.1, 0.15) is 64.7 Å². The molecule has 2 fully saturated rings. The Morgan fingerprint density at radius 3 is 2.32 bits per heavy atom.